The van der Waals surface area contributed by atoms with Gasteiger partial charge in [0, 0.05) is 30.9 Å². The summed E-state index contributed by atoms with van der Waals surface area (Å²) in [6, 6.07) is 9.65. The van der Waals surface area contributed by atoms with Crippen molar-refractivity contribution in [3.8, 4) is 0 Å². The molecule has 0 bridgehead atoms. The monoisotopic (exact) mass is 275 g/mol. The highest BCUT2D eigenvalue weighted by Gasteiger charge is 2.26. The fourth-order valence-corrected chi connectivity index (χ4v) is 3.06. The Morgan fingerprint density at radius 3 is 2.25 bits per heavy atom. The third-order valence-electron chi connectivity index (χ3n) is 4.82. The topological polar surface area (TPSA) is 32.5 Å². The van der Waals surface area contributed by atoms with Crippen LogP contribution in [0.2, 0.25) is 0 Å². The van der Waals surface area contributed by atoms with E-state index in [4.69, 9.17) is 5.73 Å². The van der Waals surface area contributed by atoms with E-state index < -0.39 is 0 Å². The van der Waals surface area contributed by atoms with E-state index in [0.717, 1.165) is 5.69 Å². The molecule has 0 amide bonds. The van der Waals surface area contributed by atoms with Crippen LogP contribution in [0.25, 0.3) is 0 Å². The van der Waals surface area contributed by atoms with Crippen molar-refractivity contribution in [3.63, 3.8) is 0 Å². The molecule has 0 spiro atoms. The van der Waals surface area contributed by atoms with E-state index >= 15 is 0 Å². The first-order valence-corrected chi connectivity index (χ1v) is 7.77. The van der Waals surface area contributed by atoms with Crippen molar-refractivity contribution < 1.29 is 0 Å². The highest BCUT2D eigenvalue weighted by molar-refractivity contribution is 5.40. The molecule has 0 aromatic heterocycles. The minimum atomic E-state index is 0.598. The zero-order chi connectivity index (χ0) is 14.7. The molecule has 1 aliphatic heterocycles. The molecule has 1 saturated heterocycles. The van der Waals surface area contributed by atoms with Crippen molar-refractivity contribution in [3.05, 3.63) is 29.8 Å². The molecule has 1 aliphatic rings. The van der Waals surface area contributed by atoms with E-state index in [-0.39, 0.29) is 0 Å². The number of hydrogen-bond donors (Lipinski definition) is 1. The first-order valence-electron chi connectivity index (χ1n) is 7.77. The van der Waals surface area contributed by atoms with Gasteiger partial charge in [0.2, 0.25) is 0 Å². The van der Waals surface area contributed by atoms with E-state index in [1.807, 2.05) is 12.1 Å². The molecular weight excluding hydrogens is 246 g/mol. The number of anilines is 1. The van der Waals surface area contributed by atoms with Gasteiger partial charge in [-0.15, -0.1) is 0 Å². The first kappa shape index (κ1) is 15.3. The molecule has 1 heterocycles. The molecule has 2 rings (SSSR count). The number of benzene rings is 1. The van der Waals surface area contributed by atoms with Crippen molar-refractivity contribution >= 4 is 5.69 Å². The molecule has 3 heteroatoms. The third-order valence-corrected chi connectivity index (χ3v) is 4.82. The van der Waals surface area contributed by atoms with Gasteiger partial charge in [0.15, 0.2) is 0 Å². The van der Waals surface area contributed by atoms with Crippen LogP contribution < -0.4 is 5.73 Å². The summed E-state index contributed by atoms with van der Waals surface area (Å²) < 4.78 is 0. The van der Waals surface area contributed by atoms with Gasteiger partial charge in [-0.1, -0.05) is 19.1 Å². The van der Waals surface area contributed by atoms with Crippen LogP contribution in [0.1, 0.15) is 38.7 Å². The Hall–Kier alpha value is -1.06. The molecule has 3 unspecified atom stereocenters. The van der Waals surface area contributed by atoms with Crippen LogP contribution in [-0.2, 0) is 0 Å². The lowest BCUT2D eigenvalue weighted by Gasteiger charge is -2.42. The van der Waals surface area contributed by atoms with Crippen LogP contribution in [-0.4, -0.2) is 48.6 Å². The van der Waals surface area contributed by atoms with Gasteiger partial charge in [-0.2, -0.15) is 0 Å². The lowest BCUT2D eigenvalue weighted by atomic mass is 9.97. The molecule has 20 heavy (non-hydrogen) atoms. The number of nitrogens with zero attached hydrogens (tertiary/aromatic N) is 2. The molecular formula is C17H29N3. The predicted molar refractivity (Wildman–Crippen MR) is 87.0 cm³/mol. The summed E-state index contributed by atoms with van der Waals surface area (Å²) in [4.78, 5) is 5.10. The number of likely N-dealkylation sites (N-methyl/N-ethyl adjacent to an activating group) is 1. The van der Waals surface area contributed by atoms with E-state index in [1.54, 1.807) is 0 Å². The molecule has 1 aromatic rings. The second-order valence-electron chi connectivity index (χ2n) is 6.48. The SMILES string of the molecule is CC(CCN1CC(C)N(C)C(C)C1)c1ccc(N)cc1. The fraction of sp³-hybridized carbons (Fsp3) is 0.647. The zero-order valence-corrected chi connectivity index (χ0v) is 13.3. The highest BCUT2D eigenvalue weighted by Crippen LogP contribution is 2.22. The number of rotatable bonds is 4. The number of nitrogen functional groups attached to an aromatic ring is 1. The van der Waals surface area contributed by atoms with Gasteiger partial charge in [-0.25, -0.2) is 0 Å². The van der Waals surface area contributed by atoms with Gasteiger partial charge in [-0.3, -0.25) is 4.90 Å². The maximum absolute atomic E-state index is 5.75. The first-order chi connectivity index (χ1) is 9.47. The van der Waals surface area contributed by atoms with E-state index in [2.05, 4.69) is 49.8 Å². The Bertz CT molecular complexity index is 403. The number of nitrogens with two attached hydrogens (primary N) is 1. The summed E-state index contributed by atoms with van der Waals surface area (Å²) in [5.74, 6) is 0.598. The molecule has 0 radical (unpaired) electrons. The Morgan fingerprint density at radius 1 is 1.15 bits per heavy atom. The third kappa shape index (κ3) is 3.74. The summed E-state index contributed by atoms with van der Waals surface area (Å²) in [6.45, 7) is 10.5. The van der Waals surface area contributed by atoms with E-state index in [1.165, 1.54) is 31.6 Å². The standard InChI is InChI=1S/C17H29N3/c1-13(16-5-7-17(18)8-6-16)9-10-20-11-14(2)19(4)15(3)12-20/h5-8,13-15H,9-12,18H2,1-4H3. The van der Waals surface area contributed by atoms with Gasteiger partial charge in [-0.05, 0) is 57.5 Å². The summed E-state index contributed by atoms with van der Waals surface area (Å²) in [6.07, 6.45) is 1.22. The minimum Gasteiger partial charge on any atom is -0.399 e. The van der Waals surface area contributed by atoms with Crippen LogP contribution in [0.4, 0.5) is 5.69 Å². The largest absolute Gasteiger partial charge is 0.399 e. The number of piperazine rings is 1. The van der Waals surface area contributed by atoms with Crippen LogP contribution in [0.5, 0.6) is 0 Å². The zero-order valence-electron chi connectivity index (χ0n) is 13.3. The van der Waals surface area contributed by atoms with E-state index in [0.29, 0.717) is 18.0 Å². The quantitative estimate of drug-likeness (QED) is 0.858. The second-order valence-corrected chi connectivity index (χ2v) is 6.48. The van der Waals surface area contributed by atoms with Crippen molar-refractivity contribution in [2.24, 2.45) is 0 Å². The Labute approximate surface area is 123 Å². The van der Waals surface area contributed by atoms with Gasteiger partial charge in [0.1, 0.15) is 0 Å². The van der Waals surface area contributed by atoms with Crippen LogP contribution in [0.3, 0.4) is 0 Å². The highest BCUT2D eigenvalue weighted by atomic mass is 15.3. The Balaban J connectivity index is 1.84. The maximum atomic E-state index is 5.75. The van der Waals surface area contributed by atoms with Crippen molar-refractivity contribution in [1.82, 2.24) is 9.80 Å². The van der Waals surface area contributed by atoms with Crippen LogP contribution >= 0.6 is 0 Å². The summed E-state index contributed by atoms with van der Waals surface area (Å²) in [5.41, 5.74) is 8.00. The molecule has 2 N–H and O–H groups in total. The Kier molecular flexibility index (Phi) is 5.06. The molecule has 0 aliphatic carbocycles. The van der Waals surface area contributed by atoms with Crippen molar-refractivity contribution in [2.75, 3.05) is 32.4 Å². The molecule has 3 nitrogen and oxygen atoms in total. The van der Waals surface area contributed by atoms with Crippen LogP contribution in [0, 0.1) is 0 Å². The Morgan fingerprint density at radius 2 is 1.70 bits per heavy atom. The molecule has 1 fully saturated rings. The lowest BCUT2D eigenvalue weighted by Crippen LogP contribution is -2.55. The van der Waals surface area contributed by atoms with E-state index in [9.17, 15) is 0 Å². The minimum absolute atomic E-state index is 0.598. The van der Waals surface area contributed by atoms with Gasteiger partial charge < -0.3 is 10.6 Å². The average molecular weight is 275 g/mol. The van der Waals surface area contributed by atoms with Crippen LogP contribution in [0.15, 0.2) is 24.3 Å². The van der Waals surface area contributed by atoms with Crippen molar-refractivity contribution in [1.29, 1.82) is 0 Å². The summed E-state index contributed by atoms with van der Waals surface area (Å²) >= 11 is 0. The molecule has 0 saturated carbocycles. The molecule has 3 atom stereocenters. The van der Waals surface area contributed by atoms with Gasteiger partial charge in [0.05, 0.1) is 0 Å². The summed E-state index contributed by atoms with van der Waals surface area (Å²) in [5, 5.41) is 0. The number of hydrogen-bond acceptors (Lipinski definition) is 3. The second kappa shape index (κ2) is 6.59. The summed E-state index contributed by atoms with van der Waals surface area (Å²) in [7, 11) is 2.24. The molecule has 1 aromatic carbocycles. The van der Waals surface area contributed by atoms with Gasteiger partial charge >= 0.3 is 0 Å². The normalized spacial score (nSPS) is 26.6. The van der Waals surface area contributed by atoms with Crippen molar-refractivity contribution in [2.45, 2.75) is 45.2 Å². The lowest BCUT2D eigenvalue weighted by molar-refractivity contribution is 0.0586. The smallest absolute Gasteiger partial charge is 0.0314 e. The predicted octanol–water partition coefficient (Wildman–Crippen LogP) is 2.79. The fourth-order valence-electron chi connectivity index (χ4n) is 3.06. The average Bonchev–Trinajstić information content (AvgIpc) is 2.42. The van der Waals surface area contributed by atoms with Gasteiger partial charge in [0.25, 0.3) is 0 Å². The maximum Gasteiger partial charge on any atom is 0.0314 e. The molecule has 112 valence electrons.